The van der Waals surface area contributed by atoms with Crippen LogP contribution in [0.3, 0.4) is 0 Å². The highest BCUT2D eigenvalue weighted by molar-refractivity contribution is 7.89. The van der Waals surface area contributed by atoms with Gasteiger partial charge in [-0.05, 0) is 54.1 Å². The zero-order valence-corrected chi connectivity index (χ0v) is 21.3. The largest absolute Gasteiger partial charge is 0.454 e. The summed E-state index contributed by atoms with van der Waals surface area (Å²) < 4.78 is 64.7. The minimum Gasteiger partial charge on any atom is -0.454 e. The molecule has 1 heterocycles. The number of benzene rings is 3. The Balaban J connectivity index is 1.63. The normalized spacial score (nSPS) is 13.2. The number of fused-ring (bicyclic) bond motifs is 1. The number of carbonyl (C=O) groups is 1. The maximum absolute atomic E-state index is 13.6. The van der Waals surface area contributed by atoms with Crippen LogP contribution in [0.25, 0.3) is 0 Å². The van der Waals surface area contributed by atoms with Crippen LogP contribution in [-0.2, 0) is 31.4 Å². The smallest absolute Gasteiger partial charge is 0.243 e. The topological polar surface area (TPSA) is 122 Å². The van der Waals surface area contributed by atoms with Crippen molar-refractivity contribution in [2.24, 2.45) is 0 Å². The van der Waals surface area contributed by atoms with Gasteiger partial charge in [-0.1, -0.05) is 24.3 Å². The predicted octanol–water partition coefficient (Wildman–Crippen LogP) is 2.50. The Hall–Kier alpha value is -3.45. The number of hydrogen-bond donors (Lipinski definition) is 1. The second kappa shape index (κ2) is 10.3. The molecule has 0 saturated carbocycles. The Morgan fingerprint density at radius 2 is 1.44 bits per heavy atom. The van der Waals surface area contributed by atoms with E-state index < -0.39 is 32.5 Å². The number of rotatable bonds is 9. The second-order valence-electron chi connectivity index (χ2n) is 8.13. The number of nitrogens with zero attached hydrogens (tertiary/aromatic N) is 2. The predicted molar refractivity (Wildman–Crippen MR) is 133 cm³/mol. The van der Waals surface area contributed by atoms with E-state index in [2.05, 4.69) is 5.32 Å². The van der Waals surface area contributed by atoms with E-state index in [0.717, 1.165) is 8.61 Å². The summed E-state index contributed by atoms with van der Waals surface area (Å²) in [6, 6.07) is 18.6. The summed E-state index contributed by atoms with van der Waals surface area (Å²) in [6.45, 7) is -0.523. The lowest BCUT2D eigenvalue weighted by atomic mass is 10.2. The van der Waals surface area contributed by atoms with E-state index in [1.165, 1.54) is 38.4 Å². The summed E-state index contributed by atoms with van der Waals surface area (Å²) in [7, 11) is -5.15. The molecule has 3 aromatic rings. The van der Waals surface area contributed by atoms with Gasteiger partial charge in [0.2, 0.25) is 32.7 Å². The molecule has 1 aliphatic rings. The lowest BCUT2D eigenvalue weighted by molar-refractivity contribution is -0.116. The van der Waals surface area contributed by atoms with Gasteiger partial charge in [0.05, 0.1) is 16.3 Å². The first-order valence-corrected chi connectivity index (χ1v) is 13.7. The van der Waals surface area contributed by atoms with Crippen LogP contribution in [0.2, 0.25) is 0 Å². The lowest BCUT2D eigenvalue weighted by Crippen LogP contribution is -2.37. The SMILES string of the molecule is CN(C)S(=O)(=O)c1ccc(S(=O)(=O)N(CC(=O)Nc2ccccc2)Cc2ccc3c(c2)OCO3)cc1. The molecule has 0 aliphatic carbocycles. The molecule has 0 spiro atoms. The Morgan fingerprint density at radius 1 is 0.833 bits per heavy atom. The van der Waals surface area contributed by atoms with Crippen LogP contribution >= 0.6 is 0 Å². The lowest BCUT2D eigenvalue weighted by Gasteiger charge is -2.22. The third-order valence-corrected chi connectivity index (χ3v) is 9.05. The van der Waals surface area contributed by atoms with E-state index in [1.54, 1.807) is 48.5 Å². The molecule has 1 amide bonds. The number of nitrogens with one attached hydrogen (secondary N) is 1. The minimum absolute atomic E-state index is 0.0457. The first kappa shape index (κ1) is 25.6. The van der Waals surface area contributed by atoms with Crippen molar-refractivity contribution < 1.29 is 31.1 Å². The van der Waals surface area contributed by atoms with Crippen molar-refractivity contribution >= 4 is 31.6 Å². The Bertz CT molecular complexity index is 1460. The molecule has 3 aromatic carbocycles. The fraction of sp³-hybridized carbons (Fsp3) is 0.208. The third kappa shape index (κ3) is 5.51. The van der Waals surface area contributed by atoms with Crippen molar-refractivity contribution in [1.82, 2.24) is 8.61 Å². The molecule has 1 aliphatic heterocycles. The molecule has 190 valence electrons. The number of hydrogen-bond acceptors (Lipinski definition) is 7. The summed E-state index contributed by atoms with van der Waals surface area (Å²) in [6.07, 6.45) is 0. The number of ether oxygens (including phenoxy) is 2. The molecule has 4 rings (SSSR count). The molecule has 0 radical (unpaired) electrons. The average molecular weight is 532 g/mol. The van der Waals surface area contributed by atoms with Crippen LogP contribution in [0.1, 0.15) is 5.56 Å². The highest BCUT2D eigenvalue weighted by atomic mass is 32.2. The number of para-hydroxylation sites is 1. The van der Waals surface area contributed by atoms with Gasteiger partial charge in [-0.15, -0.1) is 0 Å². The van der Waals surface area contributed by atoms with Gasteiger partial charge >= 0.3 is 0 Å². The summed E-state index contributed by atoms with van der Waals surface area (Å²) in [5.74, 6) is 0.502. The van der Waals surface area contributed by atoms with Gasteiger partial charge in [-0.3, -0.25) is 4.79 Å². The van der Waals surface area contributed by atoms with Crippen LogP contribution < -0.4 is 14.8 Å². The summed E-state index contributed by atoms with van der Waals surface area (Å²) >= 11 is 0. The minimum atomic E-state index is -4.19. The number of anilines is 1. The Morgan fingerprint density at radius 3 is 2.08 bits per heavy atom. The molecule has 0 aromatic heterocycles. The van der Waals surface area contributed by atoms with Gasteiger partial charge in [-0.25, -0.2) is 21.1 Å². The summed E-state index contributed by atoms with van der Waals surface area (Å²) in [4.78, 5) is 12.6. The van der Waals surface area contributed by atoms with E-state index >= 15 is 0 Å². The monoisotopic (exact) mass is 531 g/mol. The third-order valence-electron chi connectivity index (χ3n) is 5.41. The van der Waals surface area contributed by atoms with Crippen molar-refractivity contribution in [3.8, 4) is 11.5 Å². The Kier molecular flexibility index (Phi) is 7.31. The van der Waals surface area contributed by atoms with Crippen LogP contribution in [0.4, 0.5) is 5.69 Å². The molecule has 0 unspecified atom stereocenters. The van der Waals surface area contributed by atoms with Gasteiger partial charge < -0.3 is 14.8 Å². The molecular weight excluding hydrogens is 506 g/mol. The molecule has 0 fully saturated rings. The van der Waals surface area contributed by atoms with Crippen molar-refractivity contribution in [3.05, 3.63) is 78.4 Å². The average Bonchev–Trinajstić information content (AvgIpc) is 3.32. The van der Waals surface area contributed by atoms with Crippen molar-refractivity contribution in [3.63, 3.8) is 0 Å². The van der Waals surface area contributed by atoms with Gasteiger partial charge in [0, 0.05) is 26.3 Å². The molecule has 12 heteroatoms. The fourth-order valence-corrected chi connectivity index (χ4v) is 5.78. The van der Waals surface area contributed by atoms with E-state index in [1.807, 2.05) is 0 Å². The van der Waals surface area contributed by atoms with Crippen molar-refractivity contribution in [2.75, 3.05) is 32.7 Å². The van der Waals surface area contributed by atoms with E-state index in [-0.39, 0.29) is 23.1 Å². The maximum atomic E-state index is 13.6. The molecule has 36 heavy (non-hydrogen) atoms. The summed E-state index contributed by atoms with van der Waals surface area (Å²) in [5, 5.41) is 2.69. The molecule has 0 saturated heterocycles. The first-order chi connectivity index (χ1) is 17.1. The highest BCUT2D eigenvalue weighted by Crippen LogP contribution is 2.33. The van der Waals surface area contributed by atoms with E-state index in [9.17, 15) is 21.6 Å². The van der Waals surface area contributed by atoms with Crippen LogP contribution in [0.15, 0.2) is 82.6 Å². The fourth-order valence-electron chi connectivity index (χ4n) is 3.49. The van der Waals surface area contributed by atoms with Gasteiger partial charge in [-0.2, -0.15) is 4.31 Å². The second-order valence-corrected chi connectivity index (χ2v) is 12.2. The Labute approximate surface area is 210 Å². The number of carbonyl (C=O) groups excluding carboxylic acids is 1. The quantitative estimate of drug-likeness (QED) is 0.450. The molecule has 1 N–H and O–H groups in total. The first-order valence-electron chi connectivity index (χ1n) is 10.8. The zero-order chi connectivity index (χ0) is 25.9. The maximum Gasteiger partial charge on any atom is 0.243 e. The van der Waals surface area contributed by atoms with Crippen LogP contribution in [0, 0.1) is 0 Å². The van der Waals surface area contributed by atoms with Crippen molar-refractivity contribution in [1.29, 1.82) is 0 Å². The van der Waals surface area contributed by atoms with Crippen LogP contribution in [0.5, 0.6) is 11.5 Å². The zero-order valence-electron chi connectivity index (χ0n) is 19.6. The van der Waals surface area contributed by atoms with Gasteiger partial charge in [0.15, 0.2) is 11.5 Å². The molecular formula is C24H25N3O7S2. The van der Waals surface area contributed by atoms with Gasteiger partial charge in [0.25, 0.3) is 0 Å². The molecule has 10 nitrogen and oxygen atoms in total. The highest BCUT2D eigenvalue weighted by Gasteiger charge is 2.28. The standard InChI is InChI=1S/C24H25N3O7S2/c1-26(2)35(29,30)20-9-11-21(12-10-20)36(31,32)27(16-24(28)25-19-6-4-3-5-7-19)15-18-8-13-22-23(14-18)34-17-33-22/h3-14H,15-17H2,1-2H3,(H,25,28). The number of amides is 1. The molecule has 0 atom stereocenters. The van der Waals surface area contributed by atoms with E-state index in [0.29, 0.717) is 22.7 Å². The molecule has 0 bridgehead atoms. The van der Waals surface area contributed by atoms with Gasteiger partial charge in [0.1, 0.15) is 0 Å². The van der Waals surface area contributed by atoms with Crippen LogP contribution in [-0.4, -0.2) is 58.8 Å². The summed E-state index contributed by atoms with van der Waals surface area (Å²) in [5.41, 5.74) is 1.11. The number of sulfonamides is 2. The van der Waals surface area contributed by atoms with E-state index in [4.69, 9.17) is 9.47 Å². The van der Waals surface area contributed by atoms with Crippen molar-refractivity contribution in [2.45, 2.75) is 16.3 Å².